The second-order valence-corrected chi connectivity index (χ2v) is 7.66. The summed E-state index contributed by atoms with van der Waals surface area (Å²) in [4.78, 5) is 0.0871. The first-order chi connectivity index (χ1) is 12.8. The Morgan fingerprint density at radius 1 is 0.704 bits per heavy atom. The Bertz CT molecular complexity index is 1060. The van der Waals surface area contributed by atoms with E-state index in [4.69, 9.17) is 14.6 Å². The summed E-state index contributed by atoms with van der Waals surface area (Å²) >= 11 is 0. The van der Waals surface area contributed by atoms with E-state index in [0.29, 0.717) is 11.3 Å². The van der Waals surface area contributed by atoms with E-state index in [1.165, 1.54) is 0 Å². The zero-order chi connectivity index (χ0) is 19.6. The lowest BCUT2D eigenvalue weighted by atomic mass is 9.91. The Morgan fingerprint density at radius 3 is 1.56 bits per heavy atom. The number of rotatable bonds is 5. The Kier molecular flexibility index (Phi) is 5.21. The summed E-state index contributed by atoms with van der Waals surface area (Å²) in [5.41, 5.74) is 3.96. The van der Waals surface area contributed by atoms with E-state index in [0.717, 1.165) is 28.0 Å². The largest absolute Gasteiger partial charge is 0.497 e. The van der Waals surface area contributed by atoms with E-state index >= 15 is 0 Å². The topological polar surface area (TPSA) is 78.6 Å². The molecule has 0 aromatic heterocycles. The molecule has 0 aliphatic heterocycles. The third-order valence-corrected chi connectivity index (χ3v) is 5.39. The Labute approximate surface area is 159 Å². The molecule has 0 saturated carbocycles. The molecule has 0 aliphatic carbocycles. The van der Waals surface area contributed by atoms with Gasteiger partial charge in [0.25, 0.3) is 0 Å². The van der Waals surface area contributed by atoms with Crippen molar-refractivity contribution in [1.82, 2.24) is 0 Å². The monoisotopic (exact) mass is 383 g/mol. The van der Waals surface area contributed by atoms with Crippen molar-refractivity contribution in [2.75, 3.05) is 14.2 Å². The summed E-state index contributed by atoms with van der Waals surface area (Å²) in [5, 5.41) is 5.52. The number of primary sulfonamides is 1. The molecule has 0 spiro atoms. The van der Waals surface area contributed by atoms with Gasteiger partial charge in [-0.2, -0.15) is 0 Å². The molecule has 3 aromatic rings. The molecule has 0 aliphatic rings. The zero-order valence-corrected chi connectivity index (χ0v) is 16.2. The van der Waals surface area contributed by atoms with E-state index in [1.807, 2.05) is 43.3 Å². The lowest BCUT2D eigenvalue weighted by Crippen LogP contribution is -2.14. The number of aryl methyl sites for hydroxylation is 1. The van der Waals surface area contributed by atoms with Crippen LogP contribution in [0, 0.1) is 6.92 Å². The van der Waals surface area contributed by atoms with E-state index in [9.17, 15) is 8.42 Å². The SMILES string of the molecule is COc1ccc(-c2c(C)ccc(S(N)(=O)=O)c2-c2ccc(OC)cc2)cc1. The Hall–Kier alpha value is -2.83. The highest BCUT2D eigenvalue weighted by molar-refractivity contribution is 7.89. The van der Waals surface area contributed by atoms with Crippen LogP contribution in [-0.2, 0) is 10.0 Å². The van der Waals surface area contributed by atoms with E-state index in [2.05, 4.69) is 0 Å². The number of ether oxygens (including phenoxy) is 2. The molecule has 0 fully saturated rings. The molecule has 0 atom stereocenters. The first-order valence-corrected chi connectivity index (χ1v) is 9.85. The smallest absolute Gasteiger partial charge is 0.238 e. The molecule has 140 valence electrons. The van der Waals surface area contributed by atoms with Gasteiger partial charge in [-0.15, -0.1) is 0 Å². The van der Waals surface area contributed by atoms with Crippen molar-refractivity contribution in [3.8, 4) is 33.8 Å². The minimum atomic E-state index is -3.91. The van der Waals surface area contributed by atoms with E-state index in [-0.39, 0.29) is 4.90 Å². The number of hydrogen-bond donors (Lipinski definition) is 1. The molecular formula is C21H21NO4S. The summed E-state index contributed by atoms with van der Waals surface area (Å²) in [6.07, 6.45) is 0. The fourth-order valence-corrected chi connectivity index (χ4v) is 3.86. The van der Waals surface area contributed by atoms with Crippen molar-refractivity contribution in [2.24, 2.45) is 5.14 Å². The summed E-state index contributed by atoms with van der Waals surface area (Å²) in [6.45, 7) is 1.94. The minimum absolute atomic E-state index is 0.0871. The van der Waals surface area contributed by atoms with Gasteiger partial charge < -0.3 is 9.47 Å². The molecule has 6 heteroatoms. The van der Waals surface area contributed by atoms with Gasteiger partial charge >= 0.3 is 0 Å². The van der Waals surface area contributed by atoms with E-state index < -0.39 is 10.0 Å². The van der Waals surface area contributed by atoms with Crippen LogP contribution in [-0.4, -0.2) is 22.6 Å². The maximum atomic E-state index is 12.3. The van der Waals surface area contributed by atoms with Gasteiger partial charge in [0.05, 0.1) is 19.1 Å². The van der Waals surface area contributed by atoms with Crippen LogP contribution in [0.4, 0.5) is 0 Å². The van der Waals surface area contributed by atoms with Crippen molar-refractivity contribution < 1.29 is 17.9 Å². The van der Waals surface area contributed by atoms with Crippen molar-refractivity contribution in [2.45, 2.75) is 11.8 Å². The minimum Gasteiger partial charge on any atom is -0.497 e. The summed E-state index contributed by atoms with van der Waals surface area (Å²) < 4.78 is 35.0. The molecule has 5 nitrogen and oxygen atoms in total. The molecule has 0 saturated heterocycles. The highest BCUT2D eigenvalue weighted by atomic mass is 32.2. The van der Waals surface area contributed by atoms with Gasteiger partial charge in [0, 0.05) is 5.56 Å². The third-order valence-electron chi connectivity index (χ3n) is 4.44. The molecule has 27 heavy (non-hydrogen) atoms. The second kappa shape index (κ2) is 7.42. The molecular weight excluding hydrogens is 362 g/mol. The molecule has 0 radical (unpaired) electrons. The van der Waals surface area contributed by atoms with Crippen LogP contribution in [0.3, 0.4) is 0 Å². The van der Waals surface area contributed by atoms with Crippen LogP contribution in [0.15, 0.2) is 65.6 Å². The standard InChI is InChI=1S/C21H21NO4S/c1-14-4-13-19(27(22,23)24)21(16-7-11-18(26-3)12-8-16)20(14)15-5-9-17(25-2)10-6-15/h4-13H,1-3H3,(H2,22,23,24). The molecule has 0 amide bonds. The molecule has 3 rings (SSSR count). The predicted octanol–water partition coefficient (Wildman–Crippen LogP) is 3.99. The molecule has 0 heterocycles. The summed E-state index contributed by atoms with van der Waals surface area (Å²) in [6, 6.07) is 18.1. The first-order valence-electron chi connectivity index (χ1n) is 8.30. The lowest BCUT2D eigenvalue weighted by molar-refractivity contribution is 0.414. The quantitative estimate of drug-likeness (QED) is 0.722. The van der Waals surface area contributed by atoms with Gasteiger partial charge in [-0.05, 0) is 59.5 Å². The molecule has 2 N–H and O–H groups in total. The average Bonchev–Trinajstić information content (AvgIpc) is 2.67. The van der Waals surface area contributed by atoms with Gasteiger partial charge in [0.1, 0.15) is 11.5 Å². The van der Waals surface area contributed by atoms with Gasteiger partial charge in [0.2, 0.25) is 10.0 Å². The van der Waals surface area contributed by atoms with Crippen LogP contribution in [0.2, 0.25) is 0 Å². The number of sulfonamides is 1. The predicted molar refractivity (Wildman–Crippen MR) is 107 cm³/mol. The van der Waals surface area contributed by atoms with Gasteiger partial charge in [-0.3, -0.25) is 0 Å². The third kappa shape index (κ3) is 3.82. The highest BCUT2D eigenvalue weighted by Crippen LogP contribution is 2.40. The lowest BCUT2D eigenvalue weighted by Gasteiger charge is -2.18. The van der Waals surface area contributed by atoms with Crippen molar-refractivity contribution in [1.29, 1.82) is 0 Å². The summed E-state index contributed by atoms with van der Waals surface area (Å²) in [5.74, 6) is 1.42. The van der Waals surface area contributed by atoms with Crippen molar-refractivity contribution in [3.63, 3.8) is 0 Å². The zero-order valence-electron chi connectivity index (χ0n) is 15.4. The van der Waals surface area contributed by atoms with E-state index in [1.54, 1.807) is 38.5 Å². The van der Waals surface area contributed by atoms with Crippen LogP contribution in [0.5, 0.6) is 11.5 Å². The average molecular weight is 383 g/mol. The molecule has 0 bridgehead atoms. The first kappa shape index (κ1) is 18.9. The maximum Gasteiger partial charge on any atom is 0.238 e. The van der Waals surface area contributed by atoms with Crippen LogP contribution in [0.25, 0.3) is 22.3 Å². The van der Waals surface area contributed by atoms with Gasteiger partial charge in [0.15, 0.2) is 0 Å². The van der Waals surface area contributed by atoms with Gasteiger partial charge in [-0.25, -0.2) is 13.6 Å². The number of benzene rings is 3. The normalized spacial score (nSPS) is 11.3. The highest BCUT2D eigenvalue weighted by Gasteiger charge is 2.21. The summed E-state index contributed by atoms with van der Waals surface area (Å²) in [7, 11) is -0.728. The Balaban J connectivity index is 2.33. The second-order valence-electron chi connectivity index (χ2n) is 6.13. The fourth-order valence-electron chi connectivity index (χ4n) is 3.10. The number of methoxy groups -OCH3 is 2. The van der Waals surface area contributed by atoms with Crippen LogP contribution < -0.4 is 14.6 Å². The molecule has 0 unspecified atom stereocenters. The number of nitrogens with two attached hydrogens (primary N) is 1. The maximum absolute atomic E-state index is 12.3. The van der Waals surface area contributed by atoms with Crippen molar-refractivity contribution in [3.05, 3.63) is 66.2 Å². The number of hydrogen-bond acceptors (Lipinski definition) is 4. The Morgan fingerprint density at radius 2 is 1.15 bits per heavy atom. The van der Waals surface area contributed by atoms with Crippen LogP contribution >= 0.6 is 0 Å². The molecule has 3 aromatic carbocycles. The van der Waals surface area contributed by atoms with Crippen molar-refractivity contribution >= 4 is 10.0 Å². The van der Waals surface area contributed by atoms with Crippen LogP contribution in [0.1, 0.15) is 5.56 Å². The van der Waals surface area contributed by atoms with Gasteiger partial charge in [-0.1, -0.05) is 30.3 Å². The fraction of sp³-hybridized carbons (Fsp3) is 0.143.